The summed E-state index contributed by atoms with van der Waals surface area (Å²) < 4.78 is 34.2. The summed E-state index contributed by atoms with van der Waals surface area (Å²) in [4.78, 5) is 17.3. The molecule has 0 unspecified atom stereocenters. The van der Waals surface area contributed by atoms with Gasteiger partial charge in [-0.15, -0.1) is 0 Å². The van der Waals surface area contributed by atoms with Crippen molar-refractivity contribution in [1.29, 1.82) is 0 Å². The van der Waals surface area contributed by atoms with Crippen molar-refractivity contribution in [3.8, 4) is 5.75 Å². The number of sulfonamides is 1. The number of ether oxygens (including phenoxy) is 1. The molecule has 0 aliphatic heterocycles. The molecule has 4 aromatic rings. The van der Waals surface area contributed by atoms with Crippen LogP contribution in [-0.2, 0) is 16.6 Å². The fourth-order valence-electron chi connectivity index (χ4n) is 3.44. The molecule has 0 saturated carbocycles. The topological polar surface area (TPSA) is 97.4 Å². The van der Waals surface area contributed by atoms with E-state index in [-0.39, 0.29) is 10.8 Å². The predicted molar refractivity (Wildman–Crippen MR) is 136 cm³/mol. The Hall–Kier alpha value is -4.17. The highest BCUT2D eigenvalue weighted by Crippen LogP contribution is 2.23. The number of pyridine rings is 1. The third-order valence-corrected chi connectivity index (χ3v) is 6.74. The SMILES string of the molecule is Cc1ccc(C)c(S(=O)(=O)Nc2cccc(C(=O)Nc3cccc(OCc4ccccn4)c3)c2)c1. The Bertz CT molecular complexity index is 1450. The van der Waals surface area contributed by atoms with Crippen LogP contribution in [0.4, 0.5) is 11.4 Å². The van der Waals surface area contributed by atoms with Gasteiger partial charge >= 0.3 is 0 Å². The minimum atomic E-state index is -3.81. The van der Waals surface area contributed by atoms with Gasteiger partial charge in [-0.1, -0.05) is 30.3 Å². The lowest BCUT2D eigenvalue weighted by Gasteiger charge is -2.12. The Labute approximate surface area is 204 Å². The van der Waals surface area contributed by atoms with Crippen LogP contribution < -0.4 is 14.8 Å². The molecular weight excluding hydrogens is 462 g/mol. The molecule has 0 spiro atoms. The number of aryl methyl sites for hydroxylation is 2. The molecule has 7 nitrogen and oxygen atoms in total. The number of nitrogens with one attached hydrogen (secondary N) is 2. The molecule has 3 aromatic carbocycles. The molecule has 178 valence electrons. The molecule has 0 atom stereocenters. The van der Waals surface area contributed by atoms with Gasteiger partial charge in [0, 0.05) is 29.2 Å². The molecular formula is C27H25N3O4S. The van der Waals surface area contributed by atoms with Gasteiger partial charge in [-0.05, 0) is 73.5 Å². The van der Waals surface area contributed by atoms with Gasteiger partial charge in [0.1, 0.15) is 12.4 Å². The second-order valence-corrected chi connectivity index (χ2v) is 9.70. The first-order valence-corrected chi connectivity index (χ1v) is 12.4. The molecule has 2 N–H and O–H groups in total. The van der Waals surface area contributed by atoms with Crippen LogP contribution in [0, 0.1) is 13.8 Å². The number of rotatable bonds is 8. The number of aromatic nitrogens is 1. The molecule has 8 heteroatoms. The summed E-state index contributed by atoms with van der Waals surface area (Å²) in [5, 5.41) is 2.82. The Morgan fingerprint density at radius 2 is 1.69 bits per heavy atom. The highest BCUT2D eigenvalue weighted by atomic mass is 32.2. The number of nitrogens with zero attached hydrogens (tertiary/aromatic N) is 1. The lowest BCUT2D eigenvalue weighted by Crippen LogP contribution is -2.16. The molecule has 0 aliphatic rings. The van der Waals surface area contributed by atoms with Crippen molar-refractivity contribution in [2.75, 3.05) is 10.0 Å². The van der Waals surface area contributed by atoms with E-state index in [0.29, 0.717) is 34.9 Å². The summed E-state index contributed by atoms with van der Waals surface area (Å²) in [6.45, 7) is 3.88. The van der Waals surface area contributed by atoms with E-state index >= 15 is 0 Å². The fraction of sp³-hybridized carbons (Fsp3) is 0.111. The summed E-state index contributed by atoms with van der Waals surface area (Å²) in [7, 11) is -3.81. The van der Waals surface area contributed by atoms with Crippen molar-refractivity contribution < 1.29 is 17.9 Å². The highest BCUT2D eigenvalue weighted by Gasteiger charge is 2.18. The van der Waals surface area contributed by atoms with Crippen molar-refractivity contribution in [3.63, 3.8) is 0 Å². The van der Waals surface area contributed by atoms with Crippen molar-refractivity contribution in [1.82, 2.24) is 4.98 Å². The fourth-order valence-corrected chi connectivity index (χ4v) is 4.82. The van der Waals surface area contributed by atoms with Crippen molar-refractivity contribution in [2.24, 2.45) is 0 Å². The summed E-state index contributed by atoms with van der Waals surface area (Å²) >= 11 is 0. The van der Waals surface area contributed by atoms with Crippen molar-refractivity contribution in [3.05, 3.63) is 114 Å². The third kappa shape index (κ3) is 6.24. The average Bonchev–Trinajstić information content (AvgIpc) is 2.85. The first-order chi connectivity index (χ1) is 16.8. The van der Waals surface area contributed by atoms with Crippen molar-refractivity contribution >= 4 is 27.3 Å². The van der Waals surface area contributed by atoms with Crippen LogP contribution in [0.3, 0.4) is 0 Å². The smallest absolute Gasteiger partial charge is 0.262 e. The normalized spacial score (nSPS) is 11.0. The minimum Gasteiger partial charge on any atom is -0.487 e. The largest absolute Gasteiger partial charge is 0.487 e. The van der Waals surface area contributed by atoms with Crippen LogP contribution in [0.5, 0.6) is 5.75 Å². The molecule has 1 amide bonds. The van der Waals surface area contributed by atoms with Gasteiger partial charge in [0.25, 0.3) is 15.9 Å². The molecule has 35 heavy (non-hydrogen) atoms. The van der Waals surface area contributed by atoms with Gasteiger partial charge in [-0.25, -0.2) is 8.42 Å². The number of benzene rings is 3. The van der Waals surface area contributed by atoms with Crippen LogP contribution in [0.25, 0.3) is 0 Å². The Kier molecular flexibility index (Phi) is 7.12. The van der Waals surface area contributed by atoms with Gasteiger partial charge in [0.15, 0.2) is 0 Å². The molecule has 4 rings (SSSR count). The van der Waals surface area contributed by atoms with E-state index in [1.54, 1.807) is 67.7 Å². The lowest BCUT2D eigenvalue weighted by molar-refractivity contribution is 0.102. The third-order valence-electron chi connectivity index (χ3n) is 5.21. The summed E-state index contributed by atoms with van der Waals surface area (Å²) in [6, 6.07) is 24.2. The van der Waals surface area contributed by atoms with Crippen LogP contribution in [0.2, 0.25) is 0 Å². The first kappa shape index (κ1) is 24.0. The molecule has 0 fully saturated rings. The first-order valence-electron chi connectivity index (χ1n) is 10.9. The number of carbonyl (C=O) groups is 1. The maximum Gasteiger partial charge on any atom is 0.262 e. The minimum absolute atomic E-state index is 0.204. The maximum absolute atomic E-state index is 12.9. The van der Waals surface area contributed by atoms with E-state index in [0.717, 1.165) is 11.3 Å². The number of anilines is 2. The van der Waals surface area contributed by atoms with Gasteiger partial charge in [-0.2, -0.15) is 0 Å². The van der Waals surface area contributed by atoms with E-state index in [2.05, 4.69) is 15.0 Å². The molecule has 0 radical (unpaired) electrons. The molecule has 0 saturated heterocycles. The molecule has 0 bridgehead atoms. The monoisotopic (exact) mass is 487 g/mol. The van der Waals surface area contributed by atoms with Crippen molar-refractivity contribution in [2.45, 2.75) is 25.3 Å². The van der Waals surface area contributed by atoms with Gasteiger partial charge < -0.3 is 10.1 Å². The number of carbonyl (C=O) groups excluding carboxylic acids is 1. The molecule has 0 aliphatic carbocycles. The Morgan fingerprint density at radius 1 is 0.886 bits per heavy atom. The molecule has 1 heterocycles. The van der Waals surface area contributed by atoms with Crippen LogP contribution in [0.1, 0.15) is 27.2 Å². The maximum atomic E-state index is 12.9. The lowest BCUT2D eigenvalue weighted by atomic mass is 10.2. The Morgan fingerprint density at radius 3 is 2.49 bits per heavy atom. The van der Waals surface area contributed by atoms with E-state index < -0.39 is 10.0 Å². The standard InChI is InChI=1S/C27H25N3O4S/c1-19-12-13-20(2)26(15-19)35(32,33)30-23-10-5-7-21(16-23)27(31)29-22-9-6-11-25(17-22)34-18-24-8-3-4-14-28-24/h3-17,30H,18H2,1-2H3,(H,29,31). The van der Waals surface area contributed by atoms with E-state index in [4.69, 9.17) is 4.74 Å². The average molecular weight is 488 g/mol. The van der Waals surface area contributed by atoms with E-state index in [1.807, 2.05) is 31.2 Å². The van der Waals surface area contributed by atoms with Gasteiger partial charge in [0.05, 0.1) is 10.6 Å². The highest BCUT2D eigenvalue weighted by molar-refractivity contribution is 7.92. The second-order valence-electron chi connectivity index (χ2n) is 8.05. The summed E-state index contributed by atoms with van der Waals surface area (Å²) in [6.07, 6.45) is 1.70. The van der Waals surface area contributed by atoms with Gasteiger partial charge in [0.2, 0.25) is 0 Å². The van der Waals surface area contributed by atoms with Crippen LogP contribution in [0.15, 0.2) is 96.0 Å². The molecule has 1 aromatic heterocycles. The van der Waals surface area contributed by atoms with Gasteiger partial charge in [-0.3, -0.25) is 14.5 Å². The number of hydrogen-bond donors (Lipinski definition) is 2. The predicted octanol–water partition coefficient (Wildman–Crippen LogP) is 5.33. The van der Waals surface area contributed by atoms with Crippen LogP contribution in [-0.4, -0.2) is 19.3 Å². The number of amides is 1. The quantitative estimate of drug-likeness (QED) is 0.350. The Balaban J connectivity index is 1.45. The summed E-state index contributed by atoms with van der Waals surface area (Å²) in [5.74, 6) is 0.211. The zero-order valence-corrected chi connectivity index (χ0v) is 20.2. The zero-order chi connectivity index (χ0) is 24.8. The zero-order valence-electron chi connectivity index (χ0n) is 19.4. The second kappa shape index (κ2) is 10.4. The number of hydrogen-bond acceptors (Lipinski definition) is 5. The van der Waals surface area contributed by atoms with E-state index in [1.165, 1.54) is 6.07 Å². The van der Waals surface area contributed by atoms with Crippen LogP contribution >= 0.6 is 0 Å². The summed E-state index contributed by atoms with van der Waals surface area (Å²) in [5.41, 5.74) is 3.44. The van der Waals surface area contributed by atoms with E-state index in [9.17, 15) is 13.2 Å².